The summed E-state index contributed by atoms with van der Waals surface area (Å²) in [5.74, 6) is 0. The van der Waals surface area contributed by atoms with Gasteiger partial charge in [-0.1, -0.05) is 30.3 Å². The zero-order valence-corrected chi connectivity index (χ0v) is 10.2. The van der Waals surface area contributed by atoms with Crippen molar-refractivity contribution < 1.29 is 0 Å². The van der Waals surface area contributed by atoms with Gasteiger partial charge in [0, 0.05) is 31.7 Å². The molecule has 16 heavy (non-hydrogen) atoms. The summed E-state index contributed by atoms with van der Waals surface area (Å²) < 4.78 is 0. The van der Waals surface area contributed by atoms with Gasteiger partial charge < -0.3 is 5.32 Å². The summed E-state index contributed by atoms with van der Waals surface area (Å²) in [7, 11) is 0. The minimum atomic E-state index is 0. The summed E-state index contributed by atoms with van der Waals surface area (Å²) >= 11 is 0. The van der Waals surface area contributed by atoms with Crippen LogP contribution in [0.2, 0.25) is 0 Å². The normalized spacial score (nSPS) is 28.8. The Morgan fingerprint density at radius 3 is 2.31 bits per heavy atom. The van der Waals surface area contributed by atoms with Crippen molar-refractivity contribution in [2.24, 2.45) is 0 Å². The van der Waals surface area contributed by atoms with Crippen LogP contribution in [0.3, 0.4) is 0 Å². The van der Waals surface area contributed by atoms with Gasteiger partial charge in [0.1, 0.15) is 0 Å². The molecule has 2 aliphatic rings. The third kappa shape index (κ3) is 2.57. The van der Waals surface area contributed by atoms with E-state index in [1.807, 2.05) is 0 Å². The van der Waals surface area contributed by atoms with Crippen molar-refractivity contribution in [2.75, 3.05) is 13.1 Å². The maximum Gasteiger partial charge on any atom is 0.0235 e. The van der Waals surface area contributed by atoms with E-state index in [0.29, 0.717) is 0 Å². The van der Waals surface area contributed by atoms with E-state index < -0.39 is 0 Å². The zero-order chi connectivity index (χ0) is 10.1. The molecule has 1 N–H and O–H groups in total. The molecule has 0 aromatic heterocycles. The van der Waals surface area contributed by atoms with E-state index in [9.17, 15) is 0 Å². The molecule has 0 spiro atoms. The molecule has 3 heteroatoms. The molecule has 2 saturated heterocycles. The number of halogens is 1. The van der Waals surface area contributed by atoms with Crippen molar-refractivity contribution in [3.05, 3.63) is 35.9 Å². The number of hydrogen-bond donors (Lipinski definition) is 1. The van der Waals surface area contributed by atoms with E-state index in [0.717, 1.165) is 18.6 Å². The van der Waals surface area contributed by atoms with Gasteiger partial charge in [-0.3, -0.25) is 4.90 Å². The second-order valence-corrected chi connectivity index (χ2v) is 4.82. The molecular formula is C13H19ClN2. The SMILES string of the molecule is Cl.c1ccc(CN2CC3CCC(C2)N3)cc1. The van der Waals surface area contributed by atoms with Gasteiger partial charge in [0.05, 0.1) is 0 Å². The molecule has 1 aromatic rings. The smallest absolute Gasteiger partial charge is 0.0235 e. The van der Waals surface area contributed by atoms with Crippen molar-refractivity contribution in [1.29, 1.82) is 0 Å². The predicted molar refractivity (Wildman–Crippen MR) is 68.9 cm³/mol. The number of benzene rings is 1. The molecule has 2 bridgehead atoms. The van der Waals surface area contributed by atoms with Crippen LogP contribution in [0.15, 0.2) is 30.3 Å². The van der Waals surface area contributed by atoms with Gasteiger partial charge in [-0.05, 0) is 18.4 Å². The fourth-order valence-corrected chi connectivity index (χ4v) is 2.86. The lowest BCUT2D eigenvalue weighted by atomic mass is 10.1. The molecule has 1 aromatic carbocycles. The van der Waals surface area contributed by atoms with Crippen molar-refractivity contribution in [2.45, 2.75) is 31.5 Å². The van der Waals surface area contributed by atoms with Crippen LogP contribution in [-0.4, -0.2) is 30.1 Å². The third-order valence-corrected chi connectivity index (χ3v) is 3.54. The van der Waals surface area contributed by atoms with Gasteiger partial charge in [-0.2, -0.15) is 0 Å². The maximum atomic E-state index is 3.66. The van der Waals surface area contributed by atoms with Crippen molar-refractivity contribution >= 4 is 12.4 Å². The Kier molecular flexibility index (Phi) is 3.85. The van der Waals surface area contributed by atoms with Crippen LogP contribution in [0.5, 0.6) is 0 Å². The Labute approximate surface area is 103 Å². The van der Waals surface area contributed by atoms with E-state index in [4.69, 9.17) is 0 Å². The highest BCUT2D eigenvalue weighted by Gasteiger charge is 2.31. The molecular weight excluding hydrogens is 220 g/mol. The Bertz CT molecular complexity index is 316. The molecule has 0 amide bonds. The zero-order valence-electron chi connectivity index (χ0n) is 9.43. The lowest BCUT2D eigenvalue weighted by Crippen LogP contribution is -2.50. The van der Waals surface area contributed by atoms with Gasteiger partial charge in [0.2, 0.25) is 0 Å². The predicted octanol–water partition coefficient (Wildman–Crippen LogP) is 2.04. The van der Waals surface area contributed by atoms with E-state index in [1.54, 1.807) is 0 Å². The quantitative estimate of drug-likeness (QED) is 0.849. The number of hydrogen-bond acceptors (Lipinski definition) is 2. The molecule has 2 heterocycles. The van der Waals surface area contributed by atoms with Crippen molar-refractivity contribution in [3.63, 3.8) is 0 Å². The second kappa shape index (κ2) is 5.17. The van der Waals surface area contributed by atoms with Crippen LogP contribution in [0.25, 0.3) is 0 Å². The topological polar surface area (TPSA) is 15.3 Å². The first-order valence-corrected chi connectivity index (χ1v) is 5.92. The molecule has 2 fully saturated rings. The van der Waals surface area contributed by atoms with Crippen LogP contribution in [0.4, 0.5) is 0 Å². The number of piperazine rings is 1. The van der Waals surface area contributed by atoms with Gasteiger partial charge >= 0.3 is 0 Å². The summed E-state index contributed by atoms with van der Waals surface area (Å²) in [6, 6.07) is 12.3. The number of nitrogens with zero attached hydrogens (tertiary/aromatic N) is 1. The first-order valence-electron chi connectivity index (χ1n) is 5.92. The standard InChI is InChI=1S/C13H18N2.ClH/c1-2-4-11(5-3-1)8-15-9-12-6-7-13(10-15)14-12;/h1-5,12-14H,6-10H2;1H. The van der Waals surface area contributed by atoms with Crippen LogP contribution >= 0.6 is 12.4 Å². The van der Waals surface area contributed by atoms with Gasteiger partial charge in [0.25, 0.3) is 0 Å². The molecule has 2 nitrogen and oxygen atoms in total. The summed E-state index contributed by atoms with van der Waals surface area (Å²) in [4.78, 5) is 2.59. The fraction of sp³-hybridized carbons (Fsp3) is 0.538. The molecule has 0 saturated carbocycles. The fourth-order valence-electron chi connectivity index (χ4n) is 2.86. The van der Waals surface area contributed by atoms with Gasteiger partial charge in [0.15, 0.2) is 0 Å². The number of rotatable bonds is 2. The number of nitrogens with one attached hydrogen (secondary N) is 1. The van der Waals surface area contributed by atoms with E-state index in [1.165, 1.54) is 31.5 Å². The molecule has 3 rings (SSSR count). The van der Waals surface area contributed by atoms with Crippen LogP contribution in [0, 0.1) is 0 Å². The van der Waals surface area contributed by atoms with Crippen molar-refractivity contribution in [1.82, 2.24) is 10.2 Å². The first kappa shape index (κ1) is 11.9. The molecule has 2 aliphatic heterocycles. The van der Waals surface area contributed by atoms with Gasteiger partial charge in [-0.15, -0.1) is 12.4 Å². The molecule has 2 unspecified atom stereocenters. The van der Waals surface area contributed by atoms with Crippen LogP contribution in [-0.2, 0) is 6.54 Å². The second-order valence-electron chi connectivity index (χ2n) is 4.82. The lowest BCUT2D eigenvalue weighted by molar-refractivity contribution is 0.189. The highest BCUT2D eigenvalue weighted by molar-refractivity contribution is 5.85. The molecule has 0 radical (unpaired) electrons. The van der Waals surface area contributed by atoms with E-state index >= 15 is 0 Å². The summed E-state index contributed by atoms with van der Waals surface area (Å²) in [5.41, 5.74) is 1.44. The minimum absolute atomic E-state index is 0. The average Bonchev–Trinajstić information content (AvgIpc) is 2.60. The Balaban J connectivity index is 0.000000963. The van der Waals surface area contributed by atoms with Crippen LogP contribution in [0.1, 0.15) is 18.4 Å². The third-order valence-electron chi connectivity index (χ3n) is 3.54. The lowest BCUT2D eigenvalue weighted by Gasteiger charge is -2.32. The van der Waals surface area contributed by atoms with Crippen molar-refractivity contribution in [3.8, 4) is 0 Å². The van der Waals surface area contributed by atoms with E-state index in [2.05, 4.69) is 40.5 Å². The largest absolute Gasteiger partial charge is 0.309 e. The number of fused-ring (bicyclic) bond motifs is 2. The highest BCUT2D eigenvalue weighted by Crippen LogP contribution is 2.21. The first-order chi connectivity index (χ1) is 7.40. The summed E-state index contributed by atoms with van der Waals surface area (Å²) in [6.45, 7) is 3.58. The number of likely N-dealkylation sites (tertiary alicyclic amines) is 1. The van der Waals surface area contributed by atoms with E-state index in [-0.39, 0.29) is 12.4 Å². The summed E-state index contributed by atoms with van der Waals surface area (Å²) in [5, 5.41) is 3.66. The Hall–Kier alpha value is -0.570. The molecule has 88 valence electrons. The Morgan fingerprint density at radius 2 is 1.69 bits per heavy atom. The average molecular weight is 239 g/mol. The minimum Gasteiger partial charge on any atom is -0.309 e. The van der Waals surface area contributed by atoms with Crippen LogP contribution < -0.4 is 5.32 Å². The van der Waals surface area contributed by atoms with Gasteiger partial charge in [-0.25, -0.2) is 0 Å². The highest BCUT2D eigenvalue weighted by atomic mass is 35.5. The molecule has 0 aliphatic carbocycles. The molecule has 2 atom stereocenters. The maximum absolute atomic E-state index is 3.66. The Morgan fingerprint density at radius 1 is 1.06 bits per heavy atom. The summed E-state index contributed by atoms with van der Waals surface area (Å²) in [6.07, 6.45) is 2.74. The monoisotopic (exact) mass is 238 g/mol.